The lowest BCUT2D eigenvalue weighted by Gasteiger charge is -2.18. The highest BCUT2D eigenvalue weighted by Gasteiger charge is 2.32. The molecule has 0 saturated heterocycles. The number of nitrogens with two attached hydrogens (primary N) is 1. The Balaban J connectivity index is 0.000000132. The van der Waals surface area contributed by atoms with Crippen molar-refractivity contribution in [2.24, 2.45) is 5.84 Å². The molecule has 5 aliphatic rings. The number of benzene rings is 12. The van der Waals surface area contributed by atoms with Gasteiger partial charge in [0.15, 0.2) is 5.78 Å². The average Bonchev–Trinajstić information content (AvgIpc) is 1.65. The molecule has 18 rings (SSSR count). The Morgan fingerprint density at radius 2 is 0.932 bits per heavy atom. The number of nitrogens with zero attached hydrogens (tertiary/aromatic N) is 1. The maximum atomic E-state index is 11.3. The number of ketones is 3. The number of rotatable bonds is 2. The summed E-state index contributed by atoms with van der Waals surface area (Å²) in [5.41, 5.74) is 24.1. The molecule has 0 aliphatic heterocycles. The van der Waals surface area contributed by atoms with Gasteiger partial charge >= 0.3 is 0 Å². The van der Waals surface area contributed by atoms with Crippen LogP contribution in [0.25, 0.3) is 71.3 Å². The number of anilines is 1. The second-order valence-electron chi connectivity index (χ2n) is 24.0. The molecule has 0 amide bonds. The van der Waals surface area contributed by atoms with Crippen molar-refractivity contribution in [2.45, 2.75) is 51.9 Å². The van der Waals surface area contributed by atoms with Crippen LogP contribution in [0.3, 0.4) is 0 Å². The number of fused-ring (bicyclic) bond motifs is 15. The highest BCUT2D eigenvalue weighted by Crippen LogP contribution is 2.46. The summed E-state index contributed by atoms with van der Waals surface area (Å²) in [5.74, 6) is 3.99. The number of halogens is 10. The quantitative estimate of drug-likeness (QED) is 0.0688. The van der Waals surface area contributed by atoms with E-state index >= 15 is 0 Å². The molecule has 1 aromatic heterocycles. The summed E-state index contributed by atoms with van der Waals surface area (Å²) in [6, 6.07) is 91.2. The van der Waals surface area contributed by atoms with Crippen molar-refractivity contribution in [3.8, 4) is 16.8 Å². The van der Waals surface area contributed by atoms with E-state index in [4.69, 9.17) is 57.4 Å². The third-order valence-electron chi connectivity index (χ3n) is 17.6. The van der Waals surface area contributed by atoms with Gasteiger partial charge in [0.05, 0.1) is 11.0 Å². The van der Waals surface area contributed by atoms with Crippen LogP contribution in [-0.4, -0.2) is 33.6 Å². The molecule has 0 unspecified atom stereocenters. The van der Waals surface area contributed by atoms with Gasteiger partial charge in [-0.3, -0.25) is 20.2 Å². The molecule has 0 radical (unpaired) electrons. The van der Waals surface area contributed by atoms with E-state index in [1.165, 1.54) is 120 Å². The fraction of sp³-hybridized carbons (Fsp3) is 0.105. The van der Waals surface area contributed by atoms with Gasteiger partial charge in [0.1, 0.15) is 20.1 Å². The lowest BCUT2D eigenvalue weighted by molar-refractivity contribution is -0.114. The van der Waals surface area contributed by atoms with Gasteiger partial charge in [0, 0.05) is 67.6 Å². The zero-order chi connectivity index (χ0) is 72.0. The smallest absolute Gasteiger partial charge is 0.219 e. The Morgan fingerprint density at radius 1 is 0.437 bits per heavy atom. The van der Waals surface area contributed by atoms with E-state index < -0.39 is 31.7 Å². The van der Waals surface area contributed by atoms with Crippen molar-refractivity contribution in [1.29, 1.82) is 0 Å². The Morgan fingerprint density at radius 3 is 1.53 bits per heavy atom. The molecule has 5 aliphatic carbocycles. The van der Waals surface area contributed by atoms with Crippen molar-refractivity contribution in [1.82, 2.24) is 4.57 Å². The number of Topliss-reactive ketones (excluding diaryl/α,β-unsaturated/α-hetero) is 3. The minimum absolute atomic E-state index is 0. The molecule has 13 aromatic rings. The highest BCUT2D eigenvalue weighted by molar-refractivity contribution is 14.1. The van der Waals surface area contributed by atoms with Crippen molar-refractivity contribution >= 4 is 223 Å². The molecule has 103 heavy (non-hydrogen) atoms. The Kier molecular flexibility index (Phi) is 28.5. The molecule has 7 nitrogen and oxygen atoms in total. The van der Waals surface area contributed by atoms with E-state index in [2.05, 4.69) is 290 Å². The monoisotopic (exact) mass is 1820 g/mol. The van der Waals surface area contributed by atoms with E-state index in [0.717, 1.165) is 56.8 Å². The number of carbonyl (C=O) groups is 3. The van der Waals surface area contributed by atoms with Crippen molar-refractivity contribution in [3.63, 3.8) is 0 Å². The molecule has 4 N–H and O–H groups in total. The van der Waals surface area contributed by atoms with E-state index in [1.807, 2.05) is 66.7 Å². The minimum Gasteiger partial charge on any atom is -0.397 e. The predicted molar refractivity (Wildman–Crippen MR) is 458 cm³/mol. The average molecular weight is 1830 g/mol. The molecule has 1 heterocycles. The third-order valence-corrected chi connectivity index (χ3v) is 22.0. The Labute approximate surface area is 673 Å². The number of allylic oxidation sites excluding steroid dienone is 6. The second-order valence-corrected chi connectivity index (χ2v) is 30.4. The van der Waals surface area contributed by atoms with Gasteiger partial charge in [0.25, 0.3) is 0 Å². The van der Waals surface area contributed by atoms with Gasteiger partial charge in [-0.15, -0.1) is 12.4 Å². The van der Waals surface area contributed by atoms with Gasteiger partial charge in [-0.1, -0.05) is 280 Å². The van der Waals surface area contributed by atoms with Crippen LogP contribution >= 0.6 is 145 Å². The molecule has 0 atom stereocenters. The van der Waals surface area contributed by atoms with Gasteiger partial charge in [-0.2, -0.15) is 0 Å². The number of hydrazine groups is 1. The van der Waals surface area contributed by atoms with E-state index in [0.29, 0.717) is 5.78 Å². The number of aromatic nitrogens is 1. The van der Waals surface area contributed by atoms with Crippen LogP contribution in [-0.2, 0) is 35.3 Å². The maximum absolute atomic E-state index is 11.3. The first kappa shape index (κ1) is 78.6. The minimum atomic E-state index is -0.729. The molecule has 520 valence electrons. The summed E-state index contributed by atoms with van der Waals surface area (Å²) < 4.78 is 8.17. The van der Waals surface area contributed by atoms with Gasteiger partial charge in [-0.05, 0) is 236 Å². The summed E-state index contributed by atoms with van der Waals surface area (Å²) in [7, 11) is 0. The fourth-order valence-electron chi connectivity index (χ4n) is 12.9. The van der Waals surface area contributed by atoms with Crippen LogP contribution < -0.4 is 11.3 Å². The van der Waals surface area contributed by atoms with Crippen molar-refractivity contribution in [3.05, 3.63) is 347 Å². The number of para-hydroxylation sites is 1. The maximum Gasteiger partial charge on any atom is 0.219 e. The SMILES string of the molecule is Brc1ccc2c(c1)-c1ccc3ccccc3c1C2.Brc1ccc2c(c1)C1=C(C2)c2ccccc2CC1.Brc1ccc2c(c1)c1ccc3ccccc3c1n2-c1ccccc1.CCO.Cl.Ic1ccccc1.NNc1ccc(Br)cc1.O=C1C(Cl)=C(Cl)C(=O)C(Cl)=C1Cl.O=C1CCCc2ccccc21. The predicted octanol–water partition coefficient (Wildman–Crippen LogP) is 25.9. The Bertz CT molecular complexity index is 5320. The summed E-state index contributed by atoms with van der Waals surface area (Å²) in [6.45, 7) is 1.93. The molecule has 12 aromatic carbocycles. The Hall–Kier alpha value is -6.99. The van der Waals surface area contributed by atoms with Crippen LogP contribution in [0.4, 0.5) is 5.69 Å². The second kappa shape index (κ2) is 37.3. The number of nitrogen functional groups attached to an aromatic ring is 1. The summed E-state index contributed by atoms with van der Waals surface area (Å²) in [6.07, 6.45) is 7.36. The molecule has 0 fully saturated rings. The van der Waals surface area contributed by atoms with Crippen molar-refractivity contribution in [2.75, 3.05) is 12.0 Å². The summed E-state index contributed by atoms with van der Waals surface area (Å²) in [5, 5.41) is 13.8. The molecular formula is C86H67Br4Cl5IN3O4. The van der Waals surface area contributed by atoms with Crippen molar-refractivity contribution < 1.29 is 19.5 Å². The highest BCUT2D eigenvalue weighted by atomic mass is 127. The first-order chi connectivity index (χ1) is 49.5. The zero-order valence-corrected chi connectivity index (χ0v) is 67.8. The number of aliphatic hydroxyl groups excluding tert-OH is 1. The summed E-state index contributed by atoms with van der Waals surface area (Å²) >= 11 is 37.9. The largest absolute Gasteiger partial charge is 0.397 e. The lowest BCUT2D eigenvalue weighted by atomic mass is 9.86. The topological polar surface area (TPSA) is 114 Å². The van der Waals surface area contributed by atoms with Crippen LogP contribution in [0.5, 0.6) is 0 Å². The normalized spacial score (nSPS) is 13.3. The van der Waals surface area contributed by atoms with E-state index in [1.54, 1.807) is 18.1 Å². The molecular weight excluding hydrogens is 1760 g/mol. The fourth-order valence-corrected chi connectivity index (χ4v) is 15.5. The first-order valence-electron chi connectivity index (χ1n) is 32.9. The van der Waals surface area contributed by atoms with Crippen LogP contribution in [0, 0.1) is 3.57 Å². The summed E-state index contributed by atoms with van der Waals surface area (Å²) in [4.78, 5) is 33.3. The van der Waals surface area contributed by atoms with Crippen LogP contribution in [0.2, 0.25) is 0 Å². The zero-order valence-electron chi connectivity index (χ0n) is 55.5. The molecule has 17 heteroatoms. The number of carbonyl (C=O) groups excluding carboxylic acids is 3. The molecule has 0 saturated carbocycles. The van der Waals surface area contributed by atoms with Crippen LogP contribution in [0.15, 0.2) is 299 Å². The number of aryl methyl sites for hydroxylation is 2. The third kappa shape index (κ3) is 18.8. The molecule has 0 spiro atoms. The standard InChI is InChI=1S/C22H14BrN.C17H13Br.C17H11Br.C10H10O.C6H7BrN2.C6Cl4O2.C6H5I.C2H6O.ClH/c23-16-11-13-21-20(14-16)19-12-10-15-6-4-5-9-18(15)22(19)24(21)17-7-2-1-3-8-17;2*18-13-7-5-12-9-17-14-4-2-1-3-11(14)6-8-15(17)16(12)10-13;11-10-7-3-5-8-4-1-2-6-9(8)10;7-5-1-3-6(9-8)4-2-5;7-1-2(8)6(12)4(10)3(9)5(1)11;7-6-4-2-1-3-5-6;1-2-3;/h1-14H;1-5,7,10H,6,8-9H2;1-8,10H,9H2;1-2,4,6H,3,5,7H2;1-4,9H,8H2;;1-5H;3H,2H2,1H3;1H. The lowest BCUT2D eigenvalue weighted by Crippen LogP contribution is -2.14. The van der Waals surface area contributed by atoms with Gasteiger partial charge < -0.3 is 15.1 Å². The van der Waals surface area contributed by atoms with Gasteiger partial charge in [0.2, 0.25) is 11.6 Å². The van der Waals surface area contributed by atoms with E-state index in [9.17, 15) is 14.4 Å². The first-order valence-corrected chi connectivity index (χ1v) is 38.6. The van der Waals surface area contributed by atoms with Crippen LogP contribution in [0.1, 0.15) is 75.5 Å². The number of aliphatic hydroxyl groups is 1. The number of nitrogens with one attached hydrogen (secondary N) is 1. The van der Waals surface area contributed by atoms with E-state index in [-0.39, 0.29) is 19.0 Å². The van der Waals surface area contributed by atoms with Gasteiger partial charge in [-0.25, -0.2) is 0 Å². The number of hydrogen-bond acceptors (Lipinski definition) is 6. The molecule has 0 bridgehead atoms. The number of hydrogen-bond donors (Lipinski definition) is 3.